The number of likely N-dealkylation sites (N-methyl/N-ethyl adjacent to an activating group) is 2. The molecule has 118 valence electrons. The van der Waals surface area contributed by atoms with Gasteiger partial charge in [0.05, 0.1) is 21.3 Å². The van der Waals surface area contributed by atoms with Crippen LogP contribution in [-0.2, 0) is 11.3 Å². The zero-order valence-corrected chi connectivity index (χ0v) is 13.9. The Balaban J connectivity index is 2.89. The highest BCUT2D eigenvalue weighted by Gasteiger charge is 2.22. The smallest absolute Gasteiger partial charge is 0.278 e. The van der Waals surface area contributed by atoms with Gasteiger partial charge in [0.25, 0.3) is 5.91 Å². The number of hydrogen-bond donors (Lipinski definition) is 2. The molecule has 0 spiro atoms. The molecule has 0 bridgehead atoms. The number of rotatable bonds is 7. The van der Waals surface area contributed by atoms with Crippen LogP contribution in [0.3, 0.4) is 0 Å². The van der Waals surface area contributed by atoms with Crippen molar-refractivity contribution in [3.05, 3.63) is 23.3 Å². The lowest BCUT2D eigenvalue weighted by atomic mass is 10.1. The fourth-order valence-corrected chi connectivity index (χ4v) is 2.22. The summed E-state index contributed by atoms with van der Waals surface area (Å²) in [5, 5.41) is 2.86. The number of aryl methyl sites for hydroxylation is 1. The van der Waals surface area contributed by atoms with Crippen LogP contribution >= 0.6 is 0 Å². The lowest BCUT2D eigenvalue weighted by Crippen LogP contribution is -3.12. The molecule has 0 heterocycles. The normalized spacial score (nSPS) is 13.4. The molecule has 1 amide bonds. The third-order valence-electron chi connectivity index (χ3n) is 3.79. The second kappa shape index (κ2) is 7.88. The van der Waals surface area contributed by atoms with E-state index in [0.29, 0.717) is 6.54 Å². The quantitative estimate of drug-likeness (QED) is 0.772. The summed E-state index contributed by atoms with van der Waals surface area (Å²) in [6.07, 6.45) is 0. The molecule has 0 fully saturated rings. The Morgan fingerprint density at radius 2 is 1.86 bits per heavy atom. The average molecular weight is 295 g/mol. The van der Waals surface area contributed by atoms with Crippen LogP contribution in [0.15, 0.2) is 12.1 Å². The highest BCUT2D eigenvalue weighted by atomic mass is 16.5. The van der Waals surface area contributed by atoms with Crippen molar-refractivity contribution < 1.29 is 19.2 Å². The third-order valence-corrected chi connectivity index (χ3v) is 3.79. The zero-order valence-electron chi connectivity index (χ0n) is 13.9. The van der Waals surface area contributed by atoms with Gasteiger partial charge in [-0.1, -0.05) is 0 Å². The molecule has 0 saturated carbocycles. The summed E-state index contributed by atoms with van der Waals surface area (Å²) < 4.78 is 10.6. The summed E-state index contributed by atoms with van der Waals surface area (Å²) in [6.45, 7) is 7.33. The molecular weight excluding hydrogens is 268 g/mol. The third kappa shape index (κ3) is 4.36. The average Bonchev–Trinajstić information content (AvgIpc) is 2.48. The maximum atomic E-state index is 11.9. The zero-order chi connectivity index (χ0) is 16.0. The number of methoxy groups -OCH3 is 2. The Bertz CT molecular complexity index is 489. The van der Waals surface area contributed by atoms with E-state index in [9.17, 15) is 4.79 Å². The largest absolute Gasteiger partial charge is 0.493 e. The number of amides is 1. The van der Waals surface area contributed by atoms with Crippen LogP contribution in [0, 0.1) is 6.92 Å². The Morgan fingerprint density at radius 1 is 1.29 bits per heavy atom. The molecule has 5 nitrogen and oxygen atoms in total. The van der Waals surface area contributed by atoms with Crippen molar-refractivity contribution in [1.29, 1.82) is 0 Å². The molecule has 1 unspecified atom stereocenters. The van der Waals surface area contributed by atoms with Crippen molar-refractivity contribution in [3.8, 4) is 11.5 Å². The number of benzene rings is 1. The van der Waals surface area contributed by atoms with Gasteiger partial charge in [-0.3, -0.25) is 4.79 Å². The predicted octanol–water partition coefficient (Wildman–Crippen LogP) is 0.552. The van der Waals surface area contributed by atoms with Crippen molar-refractivity contribution in [3.63, 3.8) is 0 Å². The van der Waals surface area contributed by atoms with E-state index in [1.54, 1.807) is 14.2 Å². The number of ether oxygens (including phenoxy) is 2. The Labute approximate surface area is 127 Å². The molecule has 1 rings (SSSR count). The molecule has 2 atom stereocenters. The van der Waals surface area contributed by atoms with Gasteiger partial charge in [0, 0.05) is 12.1 Å². The highest BCUT2D eigenvalue weighted by Crippen LogP contribution is 2.29. The number of carbonyl (C=O) groups excluding carboxylic acids is 1. The van der Waals surface area contributed by atoms with Gasteiger partial charge in [-0.2, -0.15) is 0 Å². The topological polar surface area (TPSA) is 52.0 Å². The van der Waals surface area contributed by atoms with Gasteiger partial charge in [0.15, 0.2) is 17.5 Å². The van der Waals surface area contributed by atoms with Crippen LogP contribution in [0.4, 0.5) is 0 Å². The number of hydrogen-bond acceptors (Lipinski definition) is 3. The Morgan fingerprint density at radius 3 is 2.38 bits per heavy atom. The van der Waals surface area contributed by atoms with Gasteiger partial charge < -0.3 is 19.7 Å². The maximum absolute atomic E-state index is 11.9. The van der Waals surface area contributed by atoms with Crippen LogP contribution < -0.4 is 19.7 Å². The van der Waals surface area contributed by atoms with Crippen LogP contribution in [0.2, 0.25) is 0 Å². The second-order valence-electron chi connectivity index (χ2n) is 5.27. The first-order chi connectivity index (χ1) is 9.94. The van der Waals surface area contributed by atoms with E-state index in [2.05, 4.69) is 5.32 Å². The second-order valence-corrected chi connectivity index (χ2v) is 5.27. The van der Waals surface area contributed by atoms with E-state index in [0.717, 1.165) is 34.1 Å². The molecule has 0 radical (unpaired) electrons. The van der Waals surface area contributed by atoms with E-state index >= 15 is 0 Å². The molecular formula is C16H27N2O3+. The molecule has 5 heteroatoms. The summed E-state index contributed by atoms with van der Waals surface area (Å²) in [6, 6.07) is 3.86. The molecule has 1 aromatic carbocycles. The summed E-state index contributed by atoms with van der Waals surface area (Å²) in [4.78, 5) is 13.0. The number of quaternary nitrogens is 1. The molecule has 21 heavy (non-hydrogen) atoms. The summed E-state index contributed by atoms with van der Waals surface area (Å²) in [5.74, 6) is 1.53. The first kappa shape index (κ1) is 17.3. The van der Waals surface area contributed by atoms with Gasteiger partial charge in [-0.05, 0) is 38.5 Å². The van der Waals surface area contributed by atoms with Crippen molar-refractivity contribution in [2.45, 2.75) is 33.4 Å². The molecule has 1 aromatic rings. The minimum atomic E-state index is -0.0996. The Kier molecular flexibility index (Phi) is 6.49. The maximum Gasteiger partial charge on any atom is 0.278 e. The summed E-state index contributed by atoms with van der Waals surface area (Å²) >= 11 is 0. The van der Waals surface area contributed by atoms with E-state index in [1.165, 1.54) is 0 Å². The SMILES string of the molecule is CCNC(=O)[C@@H](C)[NH+](C)Cc1cc(OC)c(OC)cc1C. The van der Waals surface area contributed by atoms with E-state index in [1.807, 2.05) is 40.0 Å². The fourth-order valence-electron chi connectivity index (χ4n) is 2.22. The predicted molar refractivity (Wildman–Crippen MR) is 83.0 cm³/mol. The van der Waals surface area contributed by atoms with Crippen molar-refractivity contribution >= 4 is 5.91 Å². The van der Waals surface area contributed by atoms with Crippen molar-refractivity contribution in [2.24, 2.45) is 0 Å². The van der Waals surface area contributed by atoms with Gasteiger partial charge in [-0.25, -0.2) is 0 Å². The van der Waals surface area contributed by atoms with Crippen molar-refractivity contribution in [1.82, 2.24) is 5.32 Å². The molecule has 0 aliphatic rings. The van der Waals surface area contributed by atoms with Gasteiger partial charge >= 0.3 is 0 Å². The van der Waals surface area contributed by atoms with Crippen LogP contribution in [0.5, 0.6) is 11.5 Å². The first-order valence-electron chi connectivity index (χ1n) is 7.26. The number of carbonyl (C=O) groups is 1. The highest BCUT2D eigenvalue weighted by molar-refractivity contribution is 5.79. The minimum absolute atomic E-state index is 0.0770. The number of nitrogens with one attached hydrogen (secondary N) is 2. The van der Waals surface area contributed by atoms with Crippen LogP contribution in [-0.4, -0.2) is 39.8 Å². The lowest BCUT2D eigenvalue weighted by Gasteiger charge is -2.22. The van der Waals surface area contributed by atoms with Gasteiger partial charge in [0.2, 0.25) is 0 Å². The minimum Gasteiger partial charge on any atom is -0.493 e. The first-order valence-corrected chi connectivity index (χ1v) is 7.26. The Hall–Kier alpha value is -1.75. The monoisotopic (exact) mass is 295 g/mol. The summed E-state index contributed by atoms with van der Waals surface area (Å²) in [7, 11) is 5.28. The van der Waals surface area contributed by atoms with E-state index in [4.69, 9.17) is 9.47 Å². The fraction of sp³-hybridized carbons (Fsp3) is 0.562. The molecule has 0 aliphatic carbocycles. The van der Waals surface area contributed by atoms with Gasteiger partial charge in [0.1, 0.15) is 6.54 Å². The van der Waals surface area contributed by atoms with Crippen LogP contribution in [0.1, 0.15) is 25.0 Å². The van der Waals surface area contributed by atoms with Crippen LogP contribution in [0.25, 0.3) is 0 Å². The molecule has 0 aromatic heterocycles. The standard InChI is InChI=1S/C16H26N2O3/c1-7-17-16(19)12(3)18(4)10-13-9-15(21-6)14(20-5)8-11(13)2/h8-9,12H,7,10H2,1-6H3,(H,17,19)/p+1/t12-/m1/s1. The van der Waals surface area contributed by atoms with Gasteiger partial charge in [-0.15, -0.1) is 0 Å². The van der Waals surface area contributed by atoms with Crippen molar-refractivity contribution in [2.75, 3.05) is 27.8 Å². The lowest BCUT2D eigenvalue weighted by molar-refractivity contribution is -0.908. The molecule has 0 aliphatic heterocycles. The van der Waals surface area contributed by atoms with E-state index in [-0.39, 0.29) is 11.9 Å². The molecule has 0 saturated heterocycles. The van der Waals surface area contributed by atoms with E-state index < -0.39 is 0 Å². The summed E-state index contributed by atoms with van der Waals surface area (Å²) in [5.41, 5.74) is 2.29. The molecule has 2 N–H and O–H groups in total.